The highest BCUT2D eigenvalue weighted by Gasteiger charge is 2.87. The molecule has 0 aromatic rings. The summed E-state index contributed by atoms with van der Waals surface area (Å²) < 4.78 is 10.7. The molecule has 0 aromatic heterocycles. The summed E-state index contributed by atoms with van der Waals surface area (Å²) in [6.45, 7) is 5.69. The number of hydrogen-bond acceptors (Lipinski definition) is 7. The van der Waals surface area contributed by atoms with Crippen molar-refractivity contribution in [2.75, 3.05) is 7.11 Å². The maximum Gasteiger partial charge on any atom is 0.315 e. The fourth-order valence-electron chi connectivity index (χ4n) is 7.75. The molecule has 28 heavy (non-hydrogen) atoms. The van der Waals surface area contributed by atoms with Gasteiger partial charge in [-0.05, 0) is 43.6 Å². The van der Waals surface area contributed by atoms with Crippen LogP contribution in [0.15, 0.2) is 12.2 Å². The van der Waals surface area contributed by atoms with E-state index in [9.17, 15) is 24.9 Å². The Hall–Kier alpha value is -0.710. The molecule has 7 nitrogen and oxygen atoms in total. The lowest BCUT2D eigenvalue weighted by Gasteiger charge is -2.50. The molecular weight excluding hydrogens is 479 g/mol. The number of fused-ring (bicyclic) bond motifs is 1. The van der Waals surface area contributed by atoms with Gasteiger partial charge in [0.1, 0.15) is 11.0 Å². The zero-order valence-corrected chi connectivity index (χ0v) is 18.0. The van der Waals surface area contributed by atoms with E-state index in [1.807, 2.05) is 0 Å². The zero-order valence-electron chi connectivity index (χ0n) is 15.9. The largest absolute Gasteiger partial charge is 0.469 e. The molecule has 4 aliphatic carbocycles. The number of methoxy groups -OCH3 is 1. The van der Waals surface area contributed by atoms with Crippen molar-refractivity contribution in [2.24, 2.45) is 28.6 Å². The van der Waals surface area contributed by atoms with Gasteiger partial charge in [-0.1, -0.05) is 29.2 Å². The number of aliphatic hydroxyl groups excluding tert-OH is 2. The lowest BCUT2D eigenvalue weighted by Crippen LogP contribution is -2.65. The summed E-state index contributed by atoms with van der Waals surface area (Å²) in [6, 6.07) is 0. The quantitative estimate of drug-likeness (QED) is 0.209. The number of hydrogen-bond donors (Lipinski definition) is 3. The Morgan fingerprint density at radius 2 is 2.07 bits per heavy atom. The van der Waals surface area contributed by atoms with E-state index in [1.165, 1.54) is 7.11 Å². The van der Waals surface area contributed by atoms with Gasteiger partial charge >= 0.3 is 11.9 Å². The Morgan fingerprint density at radius 1 is 1.39 bits per heavy atom. The van der Waals surface area contributed by atoms with Crippen LogP contribution in [0.1, 0.15) is 32.6 Å². The molecule has 1 aliphatic heterocycles. The van der Waals surface area contributed by atoms with E-state index in [1.54, 1.807) is 6.92 Å². The molecule has 5 aliphatic rings. The lowest BCUT2D eigenvalue weighted by molar-refractivity contribution is -0.166. The van der Waals surface area contributed by atoms with Crippen molar-refractivity contribution in [2.45, 2.75) is 59.9 Å². The molecule has 0 aromatic carbocycles. The van der Waals surface area contributed by atoms with E-state index in [0.29, 0.717) is 31.3 Å². The fraction of sp³-hybridized carbons (Fsp3) is 0.800. The van der Waals surface area contributed by atoms with Crippen molar-refractivity contribution in [1.29, 1.82) is 0 Å². The van der Waals surface area contributed by atoms with Crippen LogP contribution in [0.25, 0.3) is 0 Å². The molecule has 4 bridgehead atoms. The standard InChI is InChI=1S/C20H25IO7/c1-8-6-18-7-19(8,26)5-4-9(18)20-12(10(18)15(24)27-3)17(2,16(25)28-20)14(23)11(22)13(20)21/h9-14,22-23,26H,1,4-7H2,2-3H3/t9-,10-,11-,12-,13-,14+,17-,18+,19+,20-/m1/s1. The summed E-state index contributed by atoms with van der Waals surface area (Å²) in [5.74, 6) is -2.58. The monoisotopic (exact) mass is 504 g/mol. The second kappa shape index (κ2) is 5.31. The van der Waals surface area contributed by atoms with Gasteiger partial charge in [0, 0.05) is 11.8 Å². The minimum absolute atomic E-state index is 0.219. The molecule has 1 saturated heterocycles. The highest BCUT2D eigenvalue weighted by atomic mass is 127. The average Bonchev–Trinajstić information content (AvgIpc) is 3.10. The predicted octanol–water partition coefficient (Wildman–Crippen LogP) is 0.724. The second-order valence-corrected chi connectivity index (χ2v) is 11.0. The molecule has 154 valence electrons. The van der Waals surface area contributed by atoms with Gasteiger partial charge in [-0.3, -0.25) is 9.59 Å². The minimum atomic E-state index is -1.41. The van der Waals surface area contributed by atoms with Gasteiger partial charge in [-0.2, -0.15) is 0 Å². The zero-order chi connectivity index (χ0) is 20.4. The van der Waals surface area contributed by atoms with Crippen LogP contribution in [0.3, 0.4) is 0 Å². The molecule has 5 rings (SSSR count). The number of esters is 2. The summed E-state index contributed by atoms with van der Waals surface area (Å²) in [6.07, 6.45) is -0.621. The van der Waals surface area contributed by atoms with E-state index in [-0.39, 0.29) is 5.92 Å². The maximum atomic E-state index is 13.1. The smallest absolute Gasteiger partial charge is 0.315 e. The van der Waals surface area contributed by atoms with Crippen LogP contribution in [0.2, 0.25) is 0 Å². The van der Waals surface area contributed by atoms with E-state index >= 15 is 0 Å². The molecule has 0 amide bonds. The molecular formula is C20H25IO7. The minimum Gasteiger partial charge on any atom is -0.469 e. The normalized spacial score (nSPS) is 58.9. The van der Waals surface area contributed by atoms with Crippen LogP contribution in [-0.2, 0) is 19.1 Å². The first-order chi connectivity index (χ1) is 13.0. The first-order valence-corrected chi connectivity index (χ1v) is 11.0. The topological polar surface area (TPSA) is 113 Å². The highest BCUT2D eigenvalue weighted by Crippen LogP contribution is 2.79. The highest BCUT2D eigenvalue weighted by molar-refractivity contribution is 14.1. The van der Waals surface area contributed by atoms with E-state index < -0.39 is 61.9 Å². The SMILES string of the molecule is C=C1C[C@]23C[C@@]1(O)CC[C@H]2[C@@]12OC(=O)[C@](C)([C@H]1[C@@H]3C(=O)OC)[C@@H](O)[C@H](O)[C@H]2I. The fourth-order valence-corrected chi connectivity index (χ4v) is 9.09. The van der Waals surface area contributed by atoms with Crippen LogP contribution in [0, 0.1) is 28.6 Å². The number of alkyl halides is 1. The van der Waals surface area contributed by atoms with Crippen LogP contribution < -0.4 is 0 Å². The molecule has 1 heterocycles. The van der Waals surface area contributed by atoms with Crippen molar-refractivity contribution < 1.29 is 34.4 Å². The Balaban J connectivity index is 1.80. The summed E-state index contributed by atoms with van der Waals surface area (Å²) in [4.78, 5) is 26.2. The van der Waals surface area contributed by atoms with Gasteiger partial charge < -0.3 is 24.8 Å². The Labute approximate surface area is 176 Å². The molecule has 0 unspecified atom stereocenters. The molecule has 1 spiro atoms. The summed E-state index contributed by atoms with van der Waals surface area (Å²) in [5.41, 5.74) is -3.46. The number of carbonyl (C=O) groups excluding carboxylic acids is 2. The summed E-state index contributed by atoms with van der Waals surface area (Å²) in [7, 11) is 1.32. The Morgan fingerprint density at radius 3 is 2.71 bits per heavy atom. The average molecular weight is 504 g/mol. The molecule has 10 atom stereocenters. The van der Waals surface area contributed by atoms with Crippen molar-refractivity contribution in [3.63, 3.8) is 0 Å². The van der Waals surface area contributed by atoms with Crippen molar-refractivity contribution in [3.8, 4) is 0 Å². The number of rotatable bonds is 1. The number of halogens is 1. The predicted molar refractivity (Wildman–Crippen MR) is 104 cm³/mol. The van der Waals surface area contributed by atoms with Gasteiger partial charge in [0.15, 0.2) is 0 Å². The molecule has 0 radical (unpaired) electrons. The second-order valence-electron chi connectivity index (χ2n) is 9.65. The van der Waals surface area contributed by atoms with Gasteiger partial charge in [0.25, 0.3) is 0 Å². The van der Waals surface area contributed by atoms with Gasteiger partial charge in [0.05, 0.1) is 34.8 Å². The van der Waals surface area contributed by atoms with Crippen LogP contribution >= 0.6 is 22.6 Å². The van der Waals surface area contributed by atoms with Crippen LogP contribution in [0.5, 0.6) is 0 Å². The van der Waals surface area contributed by atoms with Crippen molar-refractivity contribution in [3.05, 3.63) is 12.2 Å². The van der Waals surface area contributed by atoms with Crippen molar-refractivity contribution >= 4 is 34.5 Å². The number of ether oxygens (including phenoxy) is 2. The van der Waals surface area contributed by atoms with E-state index in [2.05, 4.69) is 29.2 Å². The first kappa shape index (κ1) is 19.3. The molecule has 5 fully saturated rings. The maximum absolute atomic E-state index is 13.1. The third kappa shape index (κ3) is 1.71. The van der Waals surface area contributed by atoms with Gasteiger partial charge in [-0.15, -0.1) is 0 Å². The molecule has 8 heteroatoms. The van der Waals surface area contributed by atoms with Crippen molar-refractivity contribution in [1.82, 2.24) is 0 Å². The molecule has 4 saturated carbocycles. The van der Waals surface area contributed by atoms with Crippen LogP contribution in [-0.4, -0.2) is 61.7 Å². The Bertz CT molecular complexity index is 814. The third-order valence-corrected chi connectivity index (χ3v) is 10.5. The lowest BCUT2D eigenvalue weighted by atomic mass is 9.58. The van der Waals surface area contributed by atoms with Gasteiger partial charge in [0.2, 0.25) is 0 Å². The van der Waals surface area contributed by atoms with E-state index in [0.717, 1.165) is 0 Å². The Kier molecular flexibility index (Phi) is 3.65. The van der Waals surface area contributed by atoms with E-state index in [4.69, 9.17) is 9.47 Å². The number of carbonyl (C=O) groups is 2. The molecule has 3 N–H and O–H groups in total. The van der Waals surface area contributed by atoms with Crippen LogP contribution in [0.4, 0.5) is 0 Å². The van der Waals surface area contributed by atoms with Gasteiger partial charge in [-0.25, -0.2) is 0 Å². The number of aliphatic hydroxyl groups is 3. The third-order valence-electron chi connectivity index (χ3n) is 8.83. The first-order valence-electron chi connectivity index (χ1n) is 9.73. The summed E-state index contributed by atoms with van der Waals surface area (Å²) in [5, 5.41) is 32.9. The summed E-state index contributed by atoms with van der Waals surface area (Å²) >= 11 is 2.07.